The molecule has 9 nitrogen and oxygen atoms in total. The number of nitrogens with one attached hydrogen (secondary N) is 1. The number of amides is 1. The summed E-state index contributed by atoms with van der Waals surface area (Å²) in [6.07, 6.45) is 8.32. The molecule has 1 aliphatic rings. The van der Waals surface area contributed by atoms with Gasteiger partial charge in [-0.15, -0.1) is 0 Å². The summed E-state index contributed by atoms with van der Waals surface area (Å²) in [7, 11) is 0. The van der Waals surface area contributed by atoms with Crippen molar-refractivity contribution < 1.29 is 9.53 Å². The fraction of sp³-hybridized carbons (Fsp3) is 0.429. The molecule has 0 unspecified atom stereocenters. The number of imidazole rings is 1. The van der Waals surface area contributed by atoms with Crippen LogP contribution in [0.2, 0.25) is 5.02 Å². The molecule has 0 bridgehead atoms. The lowest BCUT2D eigenvalue weighted by molar-refractivity contribution is 0.0497. The van der Waals surface area contributed by atoms with Crippen molar-refractivity contribution in [3.63, 3.8) is 0 Å². The Morgan fingerprint density at radius 1 is 1.22 bits per heavy atom. The molecular weight excluding hydrogens is 450 g/mol. The van der Waals surface area contributed by atoms with Gasteiger partial charge in [0, 0.05) is 48.8 Å². The molecule has 3 aromatic heterocycles. The summed E-state index contributed by atoms with van der Waals surface area (Å²) in [4.78, 5) is 29.2. The lowest BCUT2D eigenvalue weighted by Gasteiger charge is -2.33. The predicted molar refractivity (Wildman–Crippen MR) is 125 cm³/mol. The van der Waals surface area contributed by atoms with Gasteiger partial charge in [0.05, 0.1) is 9.92 Å². The van der Waals surface area contributed by atoms with E-state index in [9.17, 15) is 4.79 Å². The molecular formula is C21H26ClN7O2S. The summed E-state index contributed by atoms with van der Waals surface area (Å²) in [5.41, 5.74) is 6.11. The van der Waals surface area contributed by atoms with Crippen LogP contribution in [-0.2, 0) is 4.74 Å². The number of aromatic nitrogens is 4. The van der Waals surface area contributed by atoms with Crippen LogP contribution in [-0.4, -0.2) is 50.2 Å². The number of nitrogens with zero attached hydrogens (tertiary/aromatic N) is 5. The van der Waals surface area contributed by atoms with Gasteiger partial charge in [-0.3, -0.25) is 4.40 Å². The first kappa shape index (κ1) is 22.5. The summed E-state index contributed by atoms with van der Waals surface area (Å²) in [5.74, 6) is 1.11. The summed E-state index contributed by atoms with van der Waals surface area (Å²) < 4.78 is 7.34. The number of hydrogen-bond donors (Lipinski definition) is 2. The molecule has 1 aliphatic heterocycles. The van der Waals surface area contributed by atoms with Crippen LogP contribution in [0.25, 0.3) is 5.65 Å². The van der Waals surface area contributed by atoms with Gasteiger partial charge >= 0.3 is 6.09 Å². The Bertz CT molecular complexity index is 1120. The number of piperidine rings is 1. The number of ether oxygens (including phenoxy) is 1. The number of rotatable bonds is 4. The van der Waals surface area contributed by atoms with Crippen molar-refractivity contribution >= 4 is 46.9 Å². The van der Waals surface area contributed by atoms with Crippen molar-refractivity contribution in [2.75, 3.05) is 23.7 Å². The van der Waals surface area contributed by atoms with Crippen molar-refractivity contribution in [2.24, 2.45) is 0 Å². The predicted octanol–water partition coefficient (Wildman–Crippen LogP) is 4.00. The Morgan fingerprint density at radius 2 is 1.97 bits per heavy atom. The normalized spacial score (nSPS) is 15.2. The minimum absolute atomic E-state index is 0.0773. The van der Waals surface area contributed by atoms with E-state index in [2.05, 4.69) is 20.2 Å². The average molecular weight is 476 g/mol. The summed E-state index contributed by atoms with van der Waals surface area (Å²) in [5, 5.41) is 3.39. The second-order valence-electron chi connectivity index (χ2n) is 8.56. The number of anilines is 2. The van der Waals surface area contributed by atoms with Crippen LogP contribution in [0.5, 0.6) is 0 Å². The van der Waals surface area contributed by atoms with E-state index in [-0.39, 0.29) is 12.1 Å². The zero-order chi connectivity index (χ0) is 22.9. The Hall–Kier alpha value is -2.72. The van der Waals surface area contributed by atoms with Crippen LogP contribution < -0.4 is 16.0 Å². The van der Waals surface area contributed by atoms with Gasteiger partial charge in [0.2, 0.25) is 5.95 Å². The smallest absolute Gasteiger partial charge is 0.407 e. The van der Waals surface area contributed by atoms with Crippen LogP contribution in [0.15, 0.2) is 40.6 Å². The number of hydrogen-bond acceptors (Lipinski definition) is 8. The molecule has 170 valence electrons. The zero-order valence-corrected chi connectivity index (χ0v) is 19.8. The number of nitrogens with two attached hydrogens (primary N) is 1. The molecule has 0 aliphatic carbocycles. The molecule has 0 atom stereocenters. The van der Waals surface area contributed by atoms with Crippen molar-refractivity contribution in [2.45, 2.75) is 55.0 Å². The van der Waals surface area contributed by atoms with Crippen molar-refractivity contribution in [1.82, 2.24) is 24.7 Å². The Kier molecular flexibility index (Phi) is 6.34. The number of carbonyl (C=O) groups is 1. The topological polar surface area (TPSA) is 111 Å². The van der Waals surface area contributed by atoms with Gasteiger partial charge in [0.15, 0.2) is 5.65 Å². The first-order valence-electron chi connectivity index (χ1n) is 10.4. The fourth-order valence-corrected chi connectivity index (χ4v) is 4.66. The van der Waals surface area contributed by atoms with E-state index >= 15 is 0 Å². The highest BCUT2D eigenvalue weighted by Crippen LogP contribution is 2.37. The number of alkyl carbamates (subject to hydrolysis) is 1. The highest BCUT2D eigenvalue weighted by Gasteiger charge is 2.25. The standard InChI is InChI=1S/C21H26ClN7O2S/c1-21(2,3)31-20(30)27-13-5-9-28(10-6-13)19-26-12-15(18-25-8-11-29(18)19)32-14-4-7-24-17(23)16(14)22/h4,7-8,11-13H,5-6,9-10H2,1-3H3,(H2,23,24)(H,27,30). The number of nitrogen functional groups attached to an aromatic ring is 1. The largest absolute Gasteiger partial charge is 0.444 e. The van der Waals surface area contributed by atoms with Gasteiger partial charge in [-0.1, -0.05) is 23.4 Å². The Morgan fingerprint density at radius 3 is 2.69 bits per heavy atom. The molecule has 0 radical (unpaired) electrons. The van der Waals surface area contributed by atoms with E-state index < -0.39 is 5.60 Å². The molecule has 4 heterocycles. The Labute approximate surface area is 195 Å². The number of pyridine rings is 1. The molecule has 32 heavy (non-hydrogen) atoms. The van der Waals surface area contributed by atoms with Crippen molar-refractivity contribution in [1.29, 1.82) is 0 Å². The van der Waals surface area contributed by atoms with Gasteiger partial charge in [-0.25, -0.2) is 19.7 Å². The molecule has 1 fully saturated rings. The van der Waals surface area contributed by atoms with E-state index in [4.69, 9.17) is 27.1 Å². The third kappa shape index (κ3) is 5.02. The molecule has 3 N–H and O–H groups in total. The second kappa shape index (κ2) is 9.03. The maximum Gasteiger partial charge on any atom is 0.407 e. The lowest BCUT2D eigenvalue weighted by atomic mass is 10.1. The van der Waals surface area contributed by atoms with Crippen LogP contribution in [0.1, 0.15) is 33.6 Å². The van der Waals surface area contributed by atoms with E-state index in [1.165, 1.54) is 11.8 Å². The molecule has 0 spiro atoms. The number of fused-ring (bicyclic) bond motifs is 1. The highest BCUT2D eigenvalue weighted by molar-refractivity contribution is 7.99. The van der Waals surface area contributed by atoms with Crippen molar-refractivity contribution in [3.8, 4) is 0 Å². The minimum Gasteiger partial charge on any atom is -0.444 e. The molecule has 3 aromatic rings. The van der Waals surface area contributed by atoms with Crippen LogP contribution >= 0.6 is 23.4 Å². The highest BCUT2D eigenvalue weighted by atomic mass is 35.5. The van der Waals surface area contributed by atoms with E-state index in [1.54, 1.807) is 18.6 Å². The first-order chi connectivity index (χ1) is 15.2. The monoisotopic (exact) mass is 475 g/mol. The van der Waals surface area contributed by atoms with Crippen molar-refractivity contribution in [3.05, 3.63) is 35.9 Å². The Balaban J connectivity index is 1.46. The van der Waals surface area contributed by atoms with Gasteiger partial charge < -0.3 is 20.7 Å². The maximum atomic E-state index is 12.1. The third-order valence-electron chi connectivity index (χ3n) is 4.97. The SMILES string of the molecule is CC(C)(C)OC(=O)NC1CCN(c2ncc(Sc3ccnc(N)c3Cl)c3nccn23)CC1. The van der Waals surface area contributed by atoms with Crippen LogP contribution in [0.4, 0.5) is 16.6 Å². The summed E-state index contributed by atoms with van der Waals surface area (Å²) in [6, 6.07) is 1.90. The third-order valence-corrected chi connectivity index (χ3v) is 6.55. The number of carbonyl (C=O) groups excluding carboxylic acids is 1. The van der Waals surface area contributed by atoms with Gasteiger partial charge in [-0.05, 0) is 39.7 Å². The molecule has 0 saturated carbocycles. The molecule has 1 saturated heterocycles. The molecule has 11 heteroatoms. The molecule has 0 aromatic carbocycles. The number of halogens is 1. The van der Waals surface area contributed by atoms with E-state index in [1.807, 2.05) is 37.4 Å². The quantitative estimate of drug-likeness (QED) is 0.582. The van der Waals surface area contributed by atoms with Gasteiger partial charge in [0.1, 0.15) is 11.4 Å². The minimum atomic E-state index is -0.506. The second-order valence-corrected chi connectivity index (χ2v) is 10.0. The van der Waals surface area contributed by atoms with Gasteiger partial charge in [0.25, 0.3) is 0 Å². The first-order valence-corrected chi connectivity index (χ1v) is 11.5. The van der Waals surface area contributed by atoms with E-state index in [0.717, 1.165) is 47.3 Å². The maximum absolute atomic E-state index is 12.1. The van der Waals surface area contributed by atoms with E-state index in [0.29, 0.717) is 10.8 Å². The lowest BCUT2D eigenvalue weighted by Crippen LogP contribution is -2.46. The van der Waals surface area contributed by atoms with Crippen LogP contribution in [0, 0.1) is 0 Å². The zero-order valence-electron chi connectivity index (χ0n) is 18.2. The molecule has 1 amide bonds. The molecule has 4 rings (SSSR count). The summed E-state index contributed by atoms with van der Waals surface area (Å²) >= 11 is 7.75. The van der Waals surface area contributed by atoms with Crippen LogP contribution in [0.3, 0.4) is 0 Å². The van der Waals surface area contributed by atoms with Gasteiger partial charge in [-0.2, -0.15) is 0 Å². The fourth-order valence-electron chi connectivity index (χ4n) is 3.53. The average Bonchev–Trinajstić information content (AvgIpc) is 3.21. The summed E-state index contributed by atoms with van der Waals surface area (Å²) in [6.45, 7) is 7.10.